The molecule has 1 aliphatic heterocycles. The van der Waals surface area contributed by atoms with Gasteiger partial charge >= 0.3 is 11.9 Å². The normalized spacial score (nSPS) is 12.2. The Morgan fingerprint density at radius 2 is 1.51 bits per heavy atom. The molecule has 3 rings (SSSR count). The average Bonchev–Trinajstić information content (AvgIpc) is 2.92. The molecule has 4 N–H and O–H groups in total. The number of hydrogen-bond acceptors (Lipinski definition) is 8. The Kier molecular flexibility index (Phi) is 8.22. The molecule has 9 nitrogen and oxygen atoms in total. The molecule has 0 fully saturated rings. The summed E-state index contributed by atoms with van der Waals surface area (Å²) in [6.45, 7) is 3.98. The fraction of sp³-hybridized carbons (Fsp3) is 0.423. The molecule has 0 atom stereocenters. The Labute approximate surface area is 202 Å². The zero-order valence-corrected chi connectivity index (χ0v) is 19.8. The van der Waals surface area contributed by atoms with E-state index in [2.05, 4.69) is 0 Å². The number of Topliss-reactive ketones (excluding diaryl/α,β-unsaturated/α-hetero) is 1. The standard InChI is InChI=1S/C26H30O9/c1-3-5-7-9-14(27)11-16-22-19(13-18(29)23(16)30)34-24-15(10-8-6-4-2)21(25(31)32)17(28)12-20(24)35-26(22)33/h12-13,28-30H,3-11H2,1-2H3,(H,31,32). The maximum absolute atomic E-state index is 13.1. The zero-order valence-electron chi connectivity index (χ0n) is 19.8. The Bertz CT molecular complexity index is 1150. The van der Waals surface area contributed by atoms with Crippen LogP contribution in [0.5, 0.6) is 34.5 Å². The second kappa shape index (κ2) is 11.1. The van der Waals surface area contributed by atoms with E-state index in [-0.39, 0.29) is 64.5 Å². The maximum Gasteiger partial charge on any atom is 0.347 e. The fourth-order valence-corrected chi connectivity index (χ4v) is 4.18. The number of hydrogen-bond donors (Lipinski definition) is 4. The van der Waals surface area contributed by atoms with Gasteiger partial charge in [0.05, 0.1) is 0 Å². The van der Waals surface area contributed by atoms with Crippen molar-refractivity contribution in [3.8, 4) is 34.5 Å². The third kappa shape index (κ3) is 5.50. The first-order valence-corrected chi connectivity index (χ1v) is 11.8. The molecule has 0 aromatic heterocycles. The number of ether oxygens (including phenoxy) is 2. The summed E-state index contributed by atoms with van der Waals surface area (Å²) in [5.41, 5.74) is -0.592. The average molecular weight is 487 g/mol. The number of carbonyl (C=O) groups excluding carboxylic acids is 2. The van der Waals surface area contributed by atoms with Crippen LogP contribution in [0.3, 0.4) is 0 Å². The predicted molar refractivity (Wildman–Crippen MR) is 126 cm³/mol. The number of phenolic OH excluding ortho intramolecular Hbond substituents is 2. The van der Waals surface area contributed by atoms with Gasteiger partial charge in [-0.1, -0.05) is 39.5 Å². The molecule has 0 spiro atoms. The van der Waals surface area contributed by atoms with Crippen LogP contribution in [-0.2, 0) is 17.6 Å². The fourth-order valence-electron chi connectivity index (χ4n) is 4.18. The molecule has 0 saturated carbocycles. The van der Waals surface area contributed by atoms with Crippen molar-refractivity contribution in [1.82, 2.24) is 0 Å². The molecule has 9 heteroatoms. The Morgan fingerprint density at radius 3 is 2.17 bits per heavy atom. The van der Waals surface area contributed by atoms with Crippen molar-refractivity contribution >= 4 is 17.7 Å². The first-order valence-electron chi connectivity index (χ1n) is 11.8. The summed E-state index contributed by atoms with van der Waals surface area (Å²) in [7, 11) is 0. The second-order valence-electron chi connectivity index (χ2n) is 8.60. The molecule has 2 aromatic rings. The van der Waals surface area contributed by atoms with Crippen LogP contribution in [0.1, 0.15) is 90.6 Å². The van der Waals surface area contributed by atoms with E-state index in [0.717, 1.165) is 37.8 Å². The highest BCUT2D eigenvalue weighted by Crippen LogP contribution is 2.48. The molecule has 0 amide bonds. The first-order chi connectivity index (χ1) is 16.7. The van der Waals surface area contributed by atoms with Crippen molar-refractivity contribution in [2.24, 2.45) is 0 Å². The minimum atomic E-state index is -1.37. The first kappa shape index (κ1) is 25.9. The minimum Gasteiger partial charge on any atom is -0.507 e. The van der Waals surface area contributed by atoms with Gasteiger partial charge in [-0.25, -0.2) is 9.59 Å². The molecule has 0 saturated heterocycles. The minimum absolute atomic E-state index is 0.0753. The van der Waals surface area contributed by atoms with E-state index in [1.165, 1.54) is 0 Å². The lowest BCUT2D eigenvalue weighted by molar-refractivity contribution is -0.118. The number of esters is 1. The number of carboxylic acids is 1. The van der Waals surface area contributed by atoms with Gasteiger partial charge in [-0.3, -0.25) is 4.79 Å². The number of aromatic carboxylic acids is 1. The molecule has 0 radical (unpaired) electrons. The van der Waals surface area contributed by atoms with Crippen molar-refractivity contribution in [3.63, 3.8) is 0 Å². The number of rotatable bonds is 11. The highest BCUT2D eigenvalue weighted by atomic mass is 16.6. The van der Waals surface area contributed by atoms with Crippen LogP contribution in [0, 0.1) is 0 Å². The van der Waals surface area contributed by atoms with E-state index >= 15 is 0 Å². The van der Waals surface area contributed by atoms with Gasteiger partial charge in [-0.2, -0.15) is 0 Å². The highest BCUT2D eigenvalue weighted by molar-refractivity contribution is 6.01. The second-order valence-corrected chi connectivity index (χ2v) is 8.60. The molecule has 35 heavy (non-hydrogen) atoms. The summed E-state index contributed by atoms with van der Waals surface area (Å²) in [5.74, 6) is -4.83. The topological polar surface area (TPSA) is 151 Å². The molecule has 0 bridgehead atoms. The van der Waals surface area contributed by atoms with Crippen LogP contribution in [0.2, 0.25) is 0 Å². The summed E-state index contributed by atoms with van der Waals surface area (Å²) >= 11 is 0. The lowest BCUT2D eigenvalue weighted by atomic mass is 9.97. The third-order valence-corrected chi connectivity index (χ3v) is 5.96. The van der Waals surface area contributed by atoms with Gasteiger partial charge < -0.3 is 29.9 Å². The van der Waals surface area contributed by atoms with E-state index < -0.39 is 29.2 Å². The monoisotopic (exact) mass is 486 g/mol. The number of phenols is 3. The van der Waals surface area contributed by atoms with Gasteiger partial charge in [0, 0.05) is 36.1 Å². The summed E-state index contributed by atoms with van der Waals surface area (Å²) in [6.07, 6.45) is 4.82. The molecular formula is C26H30O9. The zero-order chi connectivity index (χ0) is 25.7. The quantitative estimate of drug-likeness (QED) is 0.144. The Balaban J connectivity index is 2.12. The van der Waals surface area contributed by atoms with Crippen LogP contribution in [0.4, 0.5) is 0 Å². The van der Waals surface area contributed by atoms with Crippen LogP contribution in [-0.4, -0.2) is 38.1 Å². The number of carbonyl (C=O) groups is 3. The number of benzene rings is 2. The third-order valence-electron chi connectivity index (χ3n) is 5.96. The largest absolute Gasteiger partial charge is 0.507 e. The Morgan fingerprint density at radius 1 is 0.857 bits per heavy atom. The van der Waals surface area contributed by atoms with Crippen LogP contribution >= 0.6 is 0 Å². The van der Waals surface area contributed by atoms with Gasteiger partial charge in [-0.15, -0.1) is 0 Å². The number of carboxylic acid groups (broad SMARTS) is 1. The van der Waals surface area contributed by atoms with Crippen molar-refractivity contribution in [2.75, 3.05) is 0 Å². The molecular weight excluding hydrogens is 456 g/mol. The molecule has 2 aromatic carbocycles. The summed E-state index contributed by atoms with van der Waals surface area (Å²) < 4.78 is 11.4. The summed E-state index contributed by atoms with van der Waals surface area (Å²) in [4.78, 5) is 37.5. The predicted octanol–water partition coefficient (Wildman–Crippen LogP) is 5.25. The lowest BCUT2D eigenvalue weighted by Gasteiger charge is -2.17. The van der Waals surface area contributed by atoms with E-state index in [1.807, 2.05) is 13.8 Å². The molecule has 188 valence electrons. The number of aromatic hydroxyl groups is 3. The van der Waals surface area contributed by atoms with E-state index in [1.54, 1.807) is 0 Å². The summed E-state index contributed by atoms with van der Waals surface area (Å²) in [5, 5.41) is 40.9. The van der Waals surface area contributed by atoms with E-state index in [9.17, 15) is 34.8 Å². The SMILES string of the molecule is CCCCCC(=O)Cc1c(O)c(O)cc2c1C(=O)Oc1cc(O)c(C(=O)O)c(CCCCC)c1O2. The molecule has 0 aliphatic carbocycles. The Hall–Kier alpha value is -3.75. The van der Waals surface area contributed by atoms with Crippen molar-refractivity contribution in [3.05, 3.63) is 34.4 Å². The number of ketones is 1. The van der Waals surface area contributed by atoms with Gasteiger partial charge in [0.25, 0.3) is 0 Å². The number of fused-ring (bicyclic) bond motifs is 2. The molecule has 1 heterocycles. The van der Waals surface area contributed by atoms with Crippen molar-refractivity contribution < 1.29 is 44.3 Å². The van der Waals surface area contributed by atoms with Gasteiger partial charge in [0.2, 0.25) is 0 Å². The van der Waals surface area contributed by atoms with Gasteiger partial charge in [-0.05, 0) is 19.3 Å². The summed E-state index contributed by atoms with van der Waals surface area (Å²) in [6, 6.07) is 2.01. The number of unbranched alkanes of at least 4 members (excludes halogenated alkanes) is 4. The van der Waals surface area contributed by atoms with Crippen LogP contribution in [0.25, 0.3) is 0 Å². The molecule has 0 unspecified atom stereocenters. The van der Waals surface area contributed by atoms with Crippen molar-refractivity contribution in [2.45, 2.75) is 71.6 Å². The van der Waals surface area contributed by atoms with Gasteiger partial charge in [0.1, 0.15) is 28.4 Å². The lowest BCUT2D eigenvalue weighted by Crippen LogP contribution is -2.14. The van der Waals surface area contributed by atoms with Gasteiger partial charge in [0.15, 0.2) is 23.0 Å². The van der Waals surface area contributed by atoms with E-state index in [0.29, 0.717) is 12.8 Å². The van der Waals surface area contributed by atoms with E-state index in [4.69, 9.17) is 9.47 Å². The highest BCUT2D eigenvalue weighted by Gasteiger charge is 2.34. The maximum atomic E-state index is 13.1. The van der Waals surface area contributed by atoms with Crippen molar-refractivity contribution in [1.29, 1.82) is 0 Å². The van der Waals surface area contributed by atoms with Crippen LogP contribution < -0.4 is 9.47 Å². The smallest absolute Gasteiger partial charge is 0.347 e. The molecule has 1 aliphatic rings. The van der Waals surface area contributed by atoms with Crippen LogP contribution in [0.15, 0.2) is 12.1 Å².